The first kappa shape index (κ1) is 19.5. The Hall–Kier alpha value is -2.78. The van der Waals surface area contributed by atoms with E-state index in [2.05, 4.69) is 6.07 Å². The van der Waals surface area contributed by atoms with Crippen LogP contribution in [0.5, 0.6) is 0 Å². The minimum Gasteiger partial charge on any atom is -0.370 e. The van der Waals surface area contributed by atoms with Crippen molar-refractivity contribution in [2.75, 3.05) is 12.3 Å². The fourth-order valence-corrected chi connectivity index (χ4v) is 3.22. The van der Waals surface area contributed by atoms with E-state index in [0.29, 0.717) is 30.8 Å². The monoisotopic (exact) mass is 367 g/mol. The summed E-state index contributed by atoms with van der Waals surface area (Å²) in [4.78, 5) is 26.4. The first-order valence-corrected chi connectivity index (χ1v) is 9.30. The lowest BCUT2D eigenvalue weighted by Crippen LogP contribution is -2.33. The van der Waals surface area contributed by atoms with Crippen LogP contribution in [0.4, 0.5) is 0 Å². The summed E-state index contributed by atoms with van der Waals surface area (Å²) in [7, 11) is 0. The van der Waals surface area contributed by atoms with Crippen LogP contribution in [0.3, 0.4) is 0 Å². The van der Waals surface area contributed by atoms with Crippen molar-refractivity contribution in [1.82, 2.24) is 4.90 Å². The van der Waals surface area contributed by atoms with Crippen molar-refractivity contribution in [2.24, 2.45) is 5.73 Å². The number of amides is 2. The smallest absolute Gasteiger partial charge is 0.223 e. The molecule has 134 valence electrons. The van der Waals surface area contributed by atoms with E-state index in [-0.39, 0.29) is 12.3 Å². The zero-order chi connectivity index (χ0) is 18.8. The largest absolute Gasteiger partial charge is 0.370 e. The lowest BCUT2D eigenvalue weighted by molar-refractivity contribution is -0.131. The van der Waals surface area contributed by atoms with Crippen LogP contribution >= 0.6 is 11.8 Å². The van der Waals surface area contributed by atoms with E-state index in [1.54, 1.807) is 28.8 Å². The van der Waals surface area contributed by atoms with E-state index in [1.807, 2.05) is 42.5 Å². The van der Waals surface area contributed by atoms with Gasteiger partial charge >= 0.3 is 0 Å². The summed E-state index contributed by atoms with van der Waals surface area (Å²) in [5, 5.41) is 8.81. The summed E-state index contributed by atoms with van der Waals surface area (Å²) >= 11 is 1.57. The van der Waals surface area contributed by atoms with Crippen molar-refractivity contribution in [3.63, 3.8) is 0 Å². The van der Waals surface area contributed by atoms with Crippen LogP contribution in [0, 0.1) is 11.3 Å². The predicted octanol–water partition coefficient (Wildman–Crippen LogP) is 2.94. The van der Waals surface area contributed by atoms with Gasteiger partial charge in [0.05, 0.1) is 11.6 Å². The van der Waals surface area contributed by atoms with Crippen molar-refractivity contribution in [3.05, 3.63) is 65.7 Å². The number of hydrogen-bond donors (Lipinski definition) is 1. The third-order valence-electron chi connectivity index (χ3n) is 3.77. The van der Waals surface area contributed by atoms with Crippen LogP contribution in [0.2, 0.25) is 0 Å². The van der Waals surface area contributed by atoms with Gasteiger partial charge in [-0.05, 0) is 29.8 Å². The van der Waals surface area contributed by atoms with Gasteiger partial charge in [0, 0.05) is 36.6 Å². The predicted molar refractivity (Wildman–Crippen MR) is 102 cm³/mol. The molecule has 0 bridgehead atoms. The van der Waals surface area contributed by atoms with E-state index >= 15 is 0 Å². The summed E-state index contributed by atoms with van der Waals surface area (Å²) in [6.07, 6.45) is 0.525. The van der Waals surface area contributed by atoms with E-state index in [9.17, 15) is 9.59 Å². The fourth-order valence-electron chi connectivity index (χ4n) is 2.38. The maximum Gasteiger partial charge on any atom is 0.223 e. The Bertz CT molecular complexity index is 770. The Kier molecular flexibility index (Phi) is 7.72. The Morgan fingerprint density at radius 2 is 1.73 bits per heavy atom. The third-order valence-corrected chi connectivity index (χ3v) is 4.78. The van der Waals surface area contributed by atoms with Gasteiger partial charge in [0.1, 0.15) is 0 Å². The molecule has 0 aliphatic rings. The number of thioether (sulfide) groups is 1. The molecule has 26 heavy (non-hydrogen) atoms. The molecule has 0 spiro atoms. The first-order valence-electron chi connectivity index (χ1n) is 8.31. The number of nitriles is 1. The minimum atomic E-state index is -0.414. The highest BCUT2D eigenvalue weighted by atomic mass is 32.2. The molecule has 2 amide bonds. The highest BCUT2D eigenvalue weighted by Gasteiger charge is 2.15. The van der Waals surface area contributed by atoms with Gasteiger partial charge in [-0.15, -0.1) is 11.8 Å². The number of nitrogens with zero attached hydrogens (tertiary/aromatic N) is 2. The number of nitrogens with two attached hydrogens (primary N) is 1. The molecule has 2 aromatic carbocycles. The number of carbonyl (C=O) groups excluding carboxylic acids is 2. The molecule has 0 fully saturated rings. The van der Waals surface area contributed by atoms with Crippen LogP contribution in [0.25, 0.3) is 0 Å². The lowest BCUT2D eigenvalue weighted by atomic mass is 10.2. The maximum absolute atomic E-state index is 12.6. The van der Waals surface area contributed by atoms with E-state index < -0.39 is 5.91 Å². The fraction of sp³-hybridized carbons (Fsp3) is 0.250. The Balaban J connectivity index is 1.89. The van der Waals surface area contributed by atoms with Gasteiger partial charge in [-0.2, -0.15) is 5.26 Å². The Morgan fingerprint density at radius 3 is 2.35 bits per heavy atom. The molecule has 0 saturated heterocycles. The number of carbonyl (C=O) groups is 2. The normalized spacial score (nSPS) is 10.1. The molecule has 0 radical (unpaired) electrons. The molecule has 0 unspecified atom stereocenters. The van der Waals surface area contributed by atoms with Crippen LogP contribution in [-0.4, -0.2) is 29.0 Å². The molecule has 0 aliphatic heterocycles. The number of benzene rings is 2. The van der Waals surface area contributed by atoms with Gasteiger partial charge in [-0.3, -0.25) is 9.59 Å². The average molecular weight is 367 g/mol. The first-order chi connectivity index (χ1) is 12.6. The number of primary amides is 1. The maximum atomic E-state index is 12.6. The van der Waals surface area contributed by atoms with Crippen molar-refractivity contribution >= 4 is 23.6 Å². The van der Waals surface area contributed by atoms with Gasteiger partial charge < -0.3 is 10.6 Å². The lowest BCUT2D eigenvalue weighted by Gasteiger charge is -2.22. The van der Waals surface area contributed by atoms with E-state index in [4.69, 9.17) is 11.0 Å². The summed E-state index contributed by atoms with van der Waals surface area (Å²) < 4.78 is 0. The van der Waals surface area contributed by atoms with Crippen LogP contribution in [-0.2, 0) is 16.1 Å². The van der Waals surface area contributed by atoms with Crippen LogP contribution < -0.4 is 5.73 Å². The topological polar surface area (TPSA) is 87.2 Å². The quantitative estimate of drug-likeness (QED) is 0.690. The van der Waals surface area contributed by atoms with E-state index in [0.717, 1.165) is 10.5 Å². The van der Waals surface area contributed by atoms with Gasteiger partial charge in [-0.1, -0.05) is 30.3 Å². The molecule has 0 aromatic heterocycles. The highest BCUT2D eigenvalue weighted by Crippen LogP contribution is 2.20. The average Bonchev–Trinajstić information content (AvgIpc) is 2.66. The second kappa shape index (κ2) is 10.3. The molecule has 2 N–H and O–H groups in total. The minimum absolute atomic E-state index is 0.00347. The molecule has 0 saturated carbocycles. The molecule has 0 atom stereocenters. The number of rotatable bonds is 9. The molecular formula is C20H21N3O2S. The van der Waals surface area contributed by atoms with Crippen molar-refractivity contribution < 1.29 is 9.59 Å². The Labute approximate surface area is 157 Å². The molecule has 2 aromatic rings. The summed E-state index contributed by atoms with van der Waals surface area (Å²) in [6.45, 7) is 0.791. The molecule has 0 heterocycles. The Morgan fingerprint density at radius 1 is 1.04 bits per heavy atom. The summed E-state index contributed by atoms with van der Waals surface area (Å²) in [5.41, 5.74) is 6.87. The van der Waals surface area contributed by atoms with Crippen LogP contribution in [0.15, 0.2) is 59.5 Å². The zero-order valence-electron chi connectivity index (χ0n) is 14.4. The van der Waals surface area contributed by atoms with Crippen molar-refractivity contribution in [1.29, 1.82) is 5.26 Å². The summed E-state index contributed by atoms with van der Waals surface area (Å²) in [5.74, 6) is 0.214. The van der Waals surface area contributed by atoms with Crippen molar-refractivity contribution in [3.8, 4) is 6.07 Å². The van der Waals surface area contributed by atoms with Crippen LogP contribution in [0.1, 0.15) is 24.0 Å². The molecule has 6 heteroatoms. The SMILES string of the molecule is N#Cc1ccc(SCCC(=O)N(CCC(N)=O)Cc2ccccc2)cc1. The van der Waals surface area contributed by atoms with Gasteiger partial charge in [0.25, 0.3) is 0 Å². The number of hydrogen-bond acceptors (Lipinski definition) is 4. The van der Waals surface area contributed by atoms with Gasteiger partial charge in [0.15, 0.2) is 0 Å². The molecule has 2 rings (SSSR count). The second-order valence-corrected chi connectivity index (χ2v) is 6.92. The third kappa shape index (κ3) is 6.61. The van der Waals surface area contributed by atoms with Gasteiger partial charge in [0.2, 0.25) is 11.8 Å². The molecule has 0 aliphatic carbocycles. The zero-order valence-corrected chi connectivity index (χ0v) is 15.2. The highest BCUT2D eigenvalue weighted by molar-refractivity contribution is 7.99. The standard InChI is InChI=1S/C20H21N3O2S/c21-14-16-6-8-18(9-7-16)26-13-11-20(25)23(12-10-19(22)24)15-17-4-2-1-3-5-17/h1-9H,10-13,15H2,(H2,22,24). The molecule has 5 nitrogen and oxygen atoms in total. The van der Waals surface area contributed by atoms with Gasteiger partial charge in [-0.25, -0.2) is 0 Å². The summed E-state index contributed by atoms with van der Waals surface area (Å²) in [6, 6.07) is 19.0. The molecular weight excluding hydrogens is 346 g/mol. The van der Waals surface area contributed by atoms with E-state index in [1.165, 1.54) is 0 Å². The second-order valence-electron chi connectivity index (χ2n) is 5.75. The van der Waals surface area contributed by atoms with Crippen molar-refractivity contribution in [2.45, 2.75) is 24.3 Å².